The van der Waals surface area contributed by atoms with E-state index in [2.05, 4.69) is 39.5 Å². The molecule has 2 heterocycles. The number of fused-ring (bicyclic) bond motifs is 4. The van der Waals surface area contributed by atoms with Crippen LogP contribution >= 0.6 is 20.2 Å². The molecule has 1 aliphatic heterocycles. The number of hydrogen-bond acceptors (Lipinski definition) is 5. The molecule has 4 N–H and O–H groups in total. The molecule has 4 rings (SSSR count). The van der Waals surface area contributed by atoms with Crippen LogP contribution in [0.3, 0.4) is 0 Å². The van der Waals surface area contributed by atoms with Crippen LogP contribution in [0.25, 0.3) is 0 Å². The zero-order chi connectivity index (χ0) is 20.3. The maximum atomic E-state index is 4.84. The summed E-state index contributed by atoms with van der Waals surface area (Å²) in [5.41, 5.74) is 1.15. The molecule has 2 bridgehead atoms. The molecule has 29 heavy (non-hydrogen) atoms. The minimum absolute atomic E-state index is 0.00694. The molecular formula is C21H35Cl2MnN5. The first kappa shape index (κ1) is 23.6. The van der Waals surface area contributed by atoms with Crippen LogP contribution in [-0.4, -0.2) is 42.7 Å². The predicted molar refractivity (Wildman–Crippen MR) is 119 cm³/mol. The van der Waals surface area contributed by atoms with Gasteiger partial charge in [-0.05, 0) is 43.7 Å². The van der Waals surface area contributed by atoms with Gasteiger partial charge in [0.25, 0.3) is 0 Å². The normalized spacial score (nSPS) is 30.8. The Kier molecular flexibility index (Phi) is 10.9. The number of nitrogens with one attached hydrogen (secondary N) is 4. The molecule has 0 unspecified atom stereocenters. The molecule has 1 aromatic rings. The molecule has 2 saturated carbocycles. The summed E-state index contributed by atoms with van der Waals surface area (Å²) in [4.78, 5) is 4.84. The molecule has 1 aromatic heterocycles. The van der Waals surface area contributed by atoms with E-state index in [0.717, 1.165) is 37.7 Å². The average Bonchev–Trinajstić information content (AvgIpc) is 2.76. The number of anilines is 1. The number of nitrogens with zero attached hydrogens (tertiary/aromatic N) is 1. The second-order valence-electron chi connectivity index (χ2n) is 8.39. The van der Waals surface area contributed by atoms with Gasteiger partial charge in [0.05, 0.1) is 5.69 Å². The third-order valence-corrected chi connectivity index (χ3v) is 6.51. The van der Waals surface area contributed by atoms with Crippen molar-refractivity contribution in [3.05, 3.63) is 23.9 Å². The first-order chi connectivity index (χ1) is 14.3. The zero-order valence-corrected chi connectivity index (χ0v) is 19.8. The molecule has 2 aliphatic carbocycles. The summed E-state index contributed by atoms with van der Waals surface area (Å²) in [6, 6.07) is 8.20. The van der Waals surface area contributed by atoms with Gasteiger partial charge in [-0.3, -0.25) is 0 Å². The van der Waals surface area contributed by atoms with E-state index in [4.69, 9.17) is 25.2 Å². The smallest absolute Gasteiger partial charge is 0.126 e. The van der Waals surface area contributed by atoms with Crippen LogP contribution in [0.2, 0.25) is 0 Å². The third-order valence-electron chi connectivity index (χ3n) is 6.51. The molecule has 8 heteroatoms. The van der Waals surface area contributed by atoms with Crippen molar-refractivity contribution in [3.63, 3.8) is 0 Å². The van der Waals surface area contributed by atoms with E-state index in [1.54, 1.807) is 0 Å². The predicted octanol–water partition coefficient (Wildman–Crippen LogP) is 4.02. The van der Waals surface area contributed by atoms with Crippen LogP contribution in [0.1, 0.15) is 57.1 Å². The summed E-state index contributed by atoms with van der Waals surface area (Å²) in [5.74, 6) is 1.74. The van der Waals surface area contributed by atoms with Crippen LogP contribution < -0.4 is 21.3 Å². The van der Waals surface area contributed by atoms with E-state index in [0.29, 0.717) is 24.0 Å². The molecule has 3 aliphatic rings. The maximum absolute atomic E-state index is 4.84. The molecule has 0 amide bonds. The van der Waals surface area contributed by atoms with Crippen LogP contribution in [-0.2, 0) is 19.7 Å². The van der Waals surface area contributed by atoms with E-state index < -0.39 is 0 Å². The van der Waals surface area contributed by atoms with E-state index in [9.17, 15) is 0 Å². The van der Waals surface area contributed by atoms with E-state index in [1.165, 1.54) is 51.4 Å². The van der Waals surface area contributed by atoms with E-state index in [-0.39, 0.29) is 13.1 Å². The number of halogens is 2. The van der Waals surface area contributed by atoms with Gasteiger partial charge in [0, 0.05) is 44.3 Å². The van der Waals surface area contributed by atoms with Gasteiger partial charge in [-0.25, -0.2) is 4.98 Å². The van der Waals surface area contributed by atoms with Crippen molar-refractivity contribution in [1.82, 2.24) is 20.9 Å². The fraction of sp³-hybridized carbons (Fsp3) is 0.762. The first-order valence-electron chi connectivity index (χ1n) is 11.1. The summed E-state index contributed by atoms with van der Waals surface area (Å²) in [7, 11) is 9.59. The zero-order valence-electron chi connectivity index (χ0n) is 17.1. The van der Waals surface area contributed by atoms with E-state index in [1.807, 2.05) is 0 Å². The summed E-state index contributed by atoms with van der Waals surface area (Å²) >= 11 is 0.00694. The Morgan fingerprint density at radius 2 is 1.45 bits per heavy atom. The van der Waals surface area contributed by atoms with Crippen molar-refractivity contribution in [3.8, 4) is 0 Å². The number of rotatable bonds is 0. The monoisotopic (exact) mass is 482 g/mol. The standard InChI is InChI=1S/C21H35N5.2ClH.Mn/c1-2-8-18-16(6-1)14-25-21-11-5-7-17(26-21)15-24-20-10-4-3-9-19(20)23-13-12-22-18;;;/h5,7,11,16,18-20,22-24H,1-4,6,8-10,12-15H2,(H,25,26);2*1H;/q;;;+2/p-2/t16-,18+,19+,20+;;;/m0.../s1. The third kappa shape index (κ3) is 7.84. The average molecular weight is 483 g/mol. The minimum Gasteiger partial charge on any atom is -0.370 e. The molecule has 0 spiro atoms. The van der Waals surface area contributed by atoms with Crippen molar-refractivity contribution in [2.45, 2.75) is 76.0 Å². The van der Waals surface area contributed by atoms with Crippen molar-refractivity contribution < 1.29 is 13.1 Å². The summed E-state index contributed by atoms with van der Waals surface area (Å²) in [6.07, 6.45) is 10.6. The van der Waals surface area contributed by atoms with Crippen molar-refractivity contribution in [2.75, 3.05) is 25.0 Å². The number of hydrogen-bond donors (Lipinski definition) is 4. The Labute approximate surface area is 190 Å². The molecule has 0 aromatic carbocycles. The van der Waals surface area contributed by atoms with Crippen molar-refractivity contribution in [1.29, 1.82) is 0 Å². The minimum atomic E-state index is 0.00694. The van der Waals surface area contributed by atoms with Gasteiger partial charge in [-0.15, -0.1) is 0 Å². The molecule has 4 atom stereocenters. The quantitative estimate of drug-likeness (QED) is 0.420. The fourth-order valence-electron chi connectivity index (χ4n) is 5.00. The van der Waals surface area contributed by atoms with Gasteiger partial charge >= 0.3 is 33.3 Å². The Hall–Kier alpha value is -0.0705. The van der Waals surface area contributed by atoms with Gasteiger partial charge in [-0.1, -0.05) is 31.7 Å². The van der Waals surface area contributed by atoms with Gasteiger partial charge in [0.15, 0.2) is 0 Å². The topological polar surface area (TPSA) is 61.0 Å². The van der Waals surface area contributed by atoms with Gasteiger partial charge < -0.3 is 21.3 Å². The Morgan fingerprint density at radius 1 is 0.828 bits per heavy atom. The Balaban J connectivity index is 0.000000755. The number of aromatic nitrogens is 1. The largest absolute Gasteiger partial charge is 0.370 e. The van der Waals surface area contributed by atoms with Crippen molar-refractivity contribution >= 4 is 26.0 Å². The maximum Gasteiger partial charge on any atom is 0.126 e. The van der Waals surface area contributed by atoms with Crippen LogP contribution in [0.4, 0.5) is 5.82 Å². The molecule has 165 valence electrons. The number of pyridine rings is 1. The second kappa shape index (κ2) is 13.4. The van der Waals surface area contributed by atoms with Crippen LogP contribution in [0.15, 0.2) is 18.2 Å². The van der Waals surface area contributed by atoms with Crippen LogP contribution in [0.5, 0.6) is 0 Å². The van der Waals surface area contributed by atoms with E-state index >= 15 is 0 Å². The molecule has 2 fully saturated rings. The molecular weight excluding hydrogens is 448 g/mol. The summed E-state index contributed by atoms with van der Waals surface area (Å²) in [6.45, 7) is 4.05. The Bertz CT molecular complexity index is 549. The van der Waals surface area contributed by atoms with Gasteiger partial charge in [0.2, 0.25) is 0 Å². The second-order valence-corrected chi connectivity index (χ2v) is 10.3. The molecule has 0 radical (unpaired) electrons. The van der Waals surface area contributed by atoms with Gasteiger partial charge in [0.1, 0.15) is 5.82 Å². The van der Waals surface area contributed by atoms with Crippen LogP contribution in [0, 0.1) is 5.92 Å². The molecule has 5 nitrogen and oxygen atoms in total. The first-order valence-corrected chi connectivity index (χ1v) is 14.3. The molecule has 0 saturated heterocycles. The van der Waals surface area contributed by atoms with Crippen molar-refractivity contribution in [2.24, 2.45) is 5.92 Å². The summed E-state index contributed by atoms with van der Waals surface area (Å²) < 4.78 is 0. The fourth-order valence-corrected chi connectivity index (χ4v) is 5.00. The van der Waals surface area contributed by atoms with Gasteiger partial charge in [-0.2, -0.15) is 0 Å². The summed E-state index contributed by atoms with van der Waals surface area (Å²) in [5, 5.41) is 15.1. The Morgan fingerprint density at radius 3 is 2.21 bits per heavy atom. The SMILES string of the molecule is [Cl][Mn][Cl].c1cc2nc(c1)NC[C@@H]1CCCC[C@H]1NCCN[C@@H]1CCCC[C@H]1NC2.